The molecule has 0 saturated heterocycles. The van der Waals surface area contributed by atoms with E-state index < -0.39 is 6.10 Å². The molecular weight excluding hydrogens is 240 g/mol. The van der Waals surface area contributed by atoms with Crippen LogP contribution in [0.2, 0.25) is 0 Å². The Hall–Kier alpha value is -1.51. The van der Waals surface area contributed by atoms with Crippen molar-refractivity contribution in [2.75, 3.05) is 6.61 Å². The molecule has 1 unspecified atom stereocenters. The molecule has 1 saturated carbocycles. The van der Waals surface area contributed by atoms with Gasteiger partial charge in [0.15, 0.2) is 23.4 Å². The van der Waals surface area contributed by atoms with Crippen LogP contribution in [0.15, 0.2) is 24.3 Å². The number of carbonyl (C=O) groups is 1. The summed E-state index contributed by atoms with van der Waals surface area (Å²) in [6.07, 6.45) is 6.46. The van der Waals surface area contributed by atoms with E-state index in [1.165, 1.54) is 25.7 Å². The van der Waals surface area contributed by atoms with Crippen LogP contribution in [0.1, 0.15) is 38.5 Å². The molecule has 0 radical (unpaired) electrons. The molecule has 1 fully saturated rings. The van der Waals surface area contributed by atoms with Gasteiger partial charge in [-0.05, 0) is 25.0 Å². The standard InChI is InChI=1S/C16H20O3/c17-16(12-7-3-1-2-4-8-12)15-11-18-13-9-5-6-10-14(13)19-15/h5-6,9-10,12,15H,1-4,7-8,11H2. The van der Waals surface area contributed by atoms with Crippen molar-refractivity contribution in [1.29, 1.82) is 0 Å². The third-order valence-corrected chi connectivity index (χ3v) is 4.08. The molecule has 0 spiro atoms. The second-order valence-corrected chi connectivity index (χ2v) is 5.46. The van der Waals surface area contributed by atoms with Crippen molar-refractivity contribution in [3.8, 4) is 11.5 Å². The summed E-state index contributed by atoms with van der Waals surface area (Å²) in [7, 11) is 0. The van der Waals surface area contributed by atoms with Crippen LogP contribution >= 0.6 is 0 Å². The summed E-state index contributed by atoms with van der Waals surface area (Å²) in [5.74, 6) is 1.84. The highest BCUT2D eigenvalue weighted by atomic mass is 16.6. The van der Waals surface area contributed by atoms with Crippen molar-refractivity contribution < 1.29 is 14.3 Å². The van der Waals surface area contributed by atoms with Crippen molar-refractivity contribution in [1.82, 2.24) is 0 Å². The number of Topliss-reactive ketones (excluding diaryl/α,β-unsaturated/α-hetero) is 1. The van der Waals surface area contributed by atoms with Gasteiger partial charge in [-0.25, -0.2) is 0 Å². The van der Waals surface area contributed by atoms with E-state index in [-0.39, 0.29) is 11.7 Å². The highest BCUT2D eigenvalue weighted by Crippen LogP contribution is 2.33. The lowest BCUT2D eigenvalue weighted by atomic mass is 9.92. The fraction of sp³-hybridized carbons (Fsp3) is 0.562. The lowest BCUT2D eigenvalue weighted by molar-refractivity contribution is -0.132. The van der Waals surface area contributed by atoms with Gasteiger partial charge >= 0.3 is 0 Å². The zero-order chi connectivity index (χ0) is 13.1. The molecule has 0 aromatic heterocycles. The molecule has 102 valence electrons. The molecule has 0 N–H and O–H groups in total. The third-order valence-electron chi connectivity index (χ3n) is 4.08. The van der Waals surface area contributed by atoms with E-state index in [1.807, 2.05) is 24.3 Å². The molecule has 3 rings (SSSR count). The number of ketones is 1. The van der Waals surface area contributed by atoms with E-state index in [1.54, 1.807) is 0 Å². The Morgan fingerprint density at radius 2 is 1.68 bits per heavy atom. The maximum atomic E-state index is 12.5. The van der Waals surface area contributed by atoms with Gasteiger partial charge in [0.2, 0.25) is 0 Å². The maximum Gasteiger partial charge on any atom is 0.191 e. The van der Waals surface area contributed by atoms with Gasteiger partial charge in [0, 0.05) is 5.92 Å². The van der Waals surface area contributed by atoms with Gasteiger partial charge in [-0.1, -0.05) is 37.8 Å². The first-order valence-electron chi connectivity index (χ1n) is 7.27. The van der Waals surface area contributed by atoms with E-state index in [4.69, 9.17) is 9.47 Å². The Balaban J connectivity index is 1.68. The molecule has 0 bridgehead atoms. The minimum atomic E-state index is -0.419. The number of para-hydroxylation sites is 2. The Labute approximate surface area is 113 Å². The SMILES string of the molecule is O=C(C1CCCCCC1)C1COc2ccccc2O1. The molecule has 1 aliphatic heterocycles. The van der Waals surface area contributed by atoms with Gasteiger partial charge in [-0.2, -0.15) is 0 Å². The summed E-state index contributed by atoms with van der Waals surface area (Å²) in [6, 6.07) is 7.56. The summed E-state index contributed by atoms with van der Waals surface area (Å²) in [4.78, 5) is 12.5. The Kier molecular flexibility index (Phi) is 3.72. The number of rotatable bonds is 2. The molecule has 2 aliphatic rings. The zero-order valence-corrected chi connectivity index (χ0v) is 11.1. The molecule has 3 nitrogen and oxygen atoms in total. The topological polar surface area (TPSA) is 35.5 Å². The lowest BCUT2D eigenvalue weighted by Gasteiger charge is -2.27. The van der Waals surface area contributed by atoms with Crippen LogP contribution in [-0.4, -0.2) is 18.5 Å². The van der Waals surface area contributed by atoms with Crippen LogP contribution < -0.4 is 9.47 Å². The molecule has 19 heavy (non-hydrogen) atoms. The summed E-state index contributed by atoms with van der Waals surface area (Å²) >= 11 is 0. The summed E-state index contributed by atoms with van der Waals surface area (Å²) in [5.41, 5.74) is 0. The largest absolute Gasteiger partial charge is 0.485 e. The molecule has 1 heterocycles. The van der Waals surface area contributed by atoms with Crippen molar-refractivity contribution >= 4 is 5.78 Å². The van der Waals surface area contributed by atoms with E-state index in [2.05, 4.69) is 0 Å². The first-order chi connectivity index (χ1) is 9.34. The van der Waals surface area contributed by atoms with Crippen molar-refractivity contribution in [3.63, 3.8) is 0 Å². The van der Waals surface area contributed by atoms with E-state index in [9.17, 15) is 4.79 Å². The van der Waals surface area contributed by atoms with Crippen LogP contribution in [0, 0.1) is 5.92 Å². The van der Waals surface area contributed by atoms with Gasteiger partial charge < -0.3 is 9.47 Å². The van der Waals surface area contributed by atoms with E-state index in [0.717, 1.165) is 18.6 Å². The predicted molar refractivity (Wildman–Crippen MR) is 72.6 cm³/mol. The highest BCUT2D eigenvalue weighted by molar-refractivity contribution is 5.86. The van der Waals surface area contributed by atoms with Crippen molar-refractivity contribution in [3.05, 3.63) is 24.3 Å². The molecule has 1 atom stereocenters. The number of fused-ring (bicyclic) bond motifs is 1. The fourth-order valence-corrected chi connectivity index (χ4v) is 2.99. The monoisotopic (exact) mass is 260 g/mol. The Bertz CT molecular complexity index is 447. The average Bonchev–Trinajstić information content (AvgIpc) is 2.75. The van der Waals surface area contributed by atoms with Crippen molar-refractivity contribution in [2.45, 2.75) is 44.6 Å². The quantitative estimate of drug-likeness (QED) is 0.765. The summed E-state index contributed by atoms with van der Waals surface area (Å²) in [5, 5.41) is 0. The Morgan fingerprint density at radius 3 is 2.42 bits per heavy atom. The van der Waals surface area contributed by atoms with Gasteiger partial charge in [-0.3, -0.25) is 4.79 Å². The summed E-state index contributed by atoms with van der Waals surface area (Å²) < 4.78 is 11.4. The number of ether oxygens (including phenoxy) is 2. The number of hydrogen-bond donors (Lipinski definition) is 0. The average molecular weight is 260 g/mol. The van der Waals surface area contributed by atoms with Gasteiger partial charge in [-0.15, -0.1) is 0 Å². The van der Waals surface area contributed by atoms with Crippen LogP contribution in [0.25, 0.3) is 0 Å². The van der Waals surface area contributed by atoms with Crippen LogP contribution in [0.3, 0.4) is 0 Å². The minimum Gasteiger partial charge on any atom is -0.485 e. The molecular formula is C16H20O3. The molecule has 1 aromatic carbocycles. The first kappa shape index (κ1) is 12.5. The number of carbonyl (C=O) groups excluding carboxylic acids is 1. The highest BCUT2D eigenvalue weighted by Gasteiger charge is 2.32. The predicted octanol–water partition coefficient (Wildman–Crippen LogP) is 3.37. The molecule has 1 aromatic rings. The second kappa shape index (κ2) is 5.64. The van der Waals surface area contributed by atoms with Crippen LogP contribution in [0.5, 0.6) is 11.5 Å². The number of benzene rings is 1. The lowest BCUT2D eigenvalue weighted by Crippen LogP contribution is -2.40. The zero-order valence-electron chi connectivity index (χ0n) is 11.1. The van der Waals surface area contributed by atoms with Crippen molar-refractivity contribution in [2.24, 2.45) is 5.92 Å². The number of hydrogen-bond acceptors (Lipinski definition) is 3. The van der Waals surface area contributed by atoms with Crippen LogP contribution in [-0.2, 0) is 4.79 Å². The smallest absolute Gasteiger partial charge is 0.191 e. The second-order valence-electron chi connectivity index (χ2n) is 5.46. The fourth-order valence-electron chi connectivity index (χ4n) is 2.99. The maximum absolute atomic E-state index is 12.5. The minimum absolute atomic E-state index is 0.168. The van der Waals surface area contributed by atoms with E-state index in [0.29, 0.717) is 12.4 Å². The molecule has 3 heteroatoms. The van der Waals surface area contributed by atoms with Gasteiger partial charge in [0.05, 0.1) is 0 Å². The summed E-state index contributed by atoms with van der Waals surface area (Å²) in [6.45, 7) is 0.354. The molecule has 1 aliphatic carbocycles. The first-order valence-corrected chi connectivity index (χ1v) is 7.27. The third kappa shape index (κ3) is 2.75. The Morgan fingerprint density at radius 1 is 1.00 bits per heavy atom. The van der Waals surface area contributed by atoms with Gasteiger partial charge in [0.1, 0.15) is 6.61 Å². The van der Waals surface area contributed by atoms with E-state index >= 15 is 0 Å². The van der Waals surface area contributed by atoms with Gasteiger partial charge in [0.25, 0.3) is 0 Å². The van der Waals surface area contributed by atoms with Crippen LogP contribution in [0.4, 0.5) is 0 Å². The molecule has 0 amide bonds. The normalized spacial score (nSPS) is 23.7.